The van der Waals surface area contributed by atoms with E-state index in [0.717, 1.165) is 5.56 Å². The van der Waals surface area contributed by atoms with E-state index in [1.165, 1.54) is 19.4 Å². The maximum atomic E-state index is 13.8. The van der Waals surface area contributed by atoms with Gasteiger partial charge in [0.25, 0.3) is 5.91 Å². The molecule has 2 aromatic carbocycles. The minimum atomic E-state index is -0.494. The smallest absolute Gasteiger partial charge is 0.257 e. The Morgan fingerprint density at radius 1 is 1.10 bits per heavy atom. The van der Waals surface area contributed by atoms with Crippen molar-refractivity contribution in [3.05, 3.63) is 89.0 Å². The Labute approximate surface area is 167 Å². The molecule has 1 aromatic heterocycles. The number of carbonyl (C=O) groups is 1. The van der Waals surface area contributed by atoms with Crippen LogP contribution in [0.3, 0.4) is 0 Å². The molecule has 2 N–H and O–H groups in total. The first-order chi connectivity index (χ1) is 14.1. The van der Waals surface area contributed by atoms with Gasteiger partial charge in [-0.2, -0.15) is 0 Å². The molecule has 0 atom stereocenters. The minimum absolute atomic E-state index is 0.00764. The summed E-state index contributed by atoms with van der Waals surface area (Å²) >= 11 is 0. The SMILES string of the molecule is COc1c(CO)ncc(C(=O)NCc2ccccc2F)c1OCc1ccccc1. The fraction of sp³-hybridized carbons (Fsp3) is 0.182. The third kappa shape index (κ3) is 4.89. The lowest BCUT2D eigenvalue weighted by molar-refractivity contribution is 0.0944. The van der Waals surface area contributed by atoms with Crippen molar-refractivity contribution >= 4 is 5.91 Å². The third-order valence-electron chi connectivity index (χ3n) is 4.28. The first-order valence-electron chi connectivity index (χ1n) is 8.99. The van der Waals surface area contributed by atoms with Gasteiger partial charge >= 0.3 is 0 Å². The van der Waals surface area contributed by atoms with Gasteiger partial charge < -0.3 is 19.9 Å². The molecule has 0 saturated heterocycles. The Hall–Kier alpha value is -3.45. The lowest BCUT2D eigenvalue weighted by Crippen LogP contribution is -2.24. The highest BCUT2D eigenvalue weighted by molar-refractivity contribution is 5.97. The summed E-state index contributed by atoms with van der Waals surface area (Å²) in [6.07, 6.45) is 1.31. The standard InChI is InChI=1S/C22H21FN2O4/c1-28-21-19(13-26)24-12-17(20(21)29-14-15-7-3-2-4-8-15)22(27)25-11-16-9-5-6-10-18(16)23/h2-10,12,26H,11,13-14H2,1H3,(H,25,27). The van der Waals surface area contributed by atoms with Crippen molar-refractivity contribution in [3.8, 4) is 11.5 Å². The molecule has 0 aliphatic rings. The van der Waals surface area contributed by atoms with E-state index in [1.807, 2.05) is 30.3 Å². The summed E-state index contributed by atoms with van der Waals surface area (Å²) in [4.78, 5) is 16.8. The van der Waals surface area contributed by atoms with E-state index < -0.39 is 11.7 Å². The Morgan fingerprint density at radius 3 is 2.52 bits per heavy atom. The maximum Gasteiger partial charge on any atom is 0.257 e. The van der Waals surface area contributed by atoms with Crippen molar-refractivity contribution in [3.63, 3.8) is 0 Å². The Balaban J connectivity index is 1.86. The van der Waals surface area contributed by atoms with Crippen LogP contribution in [0.2, 0.25) is 0 Å². The molecule has 0 saturated carbocycles. The number of hydrogen-bond donors (Lipinski definition) is 2. The maximum absolute atomic E-state index is 13.8. The van der Waals surface area contributed by atoms with Gasteiger partial charge in [0.2, 0.25) is 0 Å². The van der Waals surface area contributed by atoms with Crippen LogP contribution in [0, 0.1) is 5.82 Å². The number of halogens is 1. The average molecular weight is 396 g/mol. The summed E-state index contributed by atoms with van der Waals surface area (Å²) in [7, 11) is 1.41. The van der Waals surface area contributed by atoms with Gasteiger partial charge in [0.05, 0.1) is 13.7 Å². The second-order valence-corrected chi connectivity index (χ2v) is 6.19. The third-order valence-corrected chi connectivity index (χ3v) is 4.28. The molecule has 6 nitrogen and oxygen atoms in total. The highest BCUT2D eigenvalue weighted by Crippen LogP contribution is 2.34. The molecular weight excluding hydrogens is 375 g/mol. The van der Waals surface area contributed by atoms with Crippen LogP contribution in [0.25, 0.3) is 0 Å². The number of aromatic nitrogens is 1. The number of amides is 1. The molecule has 0 aliphatic carbocycles. The van der Waals surface area contributed by atoms with Gasteiger partial charge in [-0.3, -0.25) is 9.78 Å². The number of nitrogens with one attached hydrogen (secondary N) is 1. The molecule has 0 fully saturated rings. The largest absolute Gasteiger partial charge is 0.491 e. The highest BCUT2D eigenvalue weighted by atomic mass is 19.1. The van der Waals surface area contributed by atoms with E-state index in [0.29, 0.717) is 5.56 Å². The van der Waals surface area contributed by atoms with Crippen molar-refractivity contribution in [2.24, 2.45) is 0 Å². The van der Waals surface area contributed by atoms with Crippen molar-refractivity contribution in [1.82, 2.24) is 10.3 Å². The van der Waals surface area contributed by atoms with E-state index in [2.05, 4.69) is 10.3 Å². The normalized spacial score (nSPS) is 10.4. The quantitative estimate of drug-likeness (QED) is 0.611. The van der Waals surface area contributed by atoms with Crippen LogP contribution in [0.1, 0.15) is 27.2 Å². The van der Waals surface area contributed by atoms with E-state index in [1.54, 1.807) is 18.2 Å². The van der Waals surface area contributed by atoms with Crippen LogP contribution in [-0.4, -0.2) is 23.1 Å². The highest BCUT2D eigenvalue weighted by Gasteiger charge is 2.22. The average Bonchev–Trinajstić information content (AvgIpc) is 2.76. The van der Waals surface area contributed by atoms with Crippen LogP contribution in [-0.2, 0) is 19.8 Å². The Morgan fingerprint density at radius 2 is 1.83 bits per heavy atom. The molecule has 0 bridgehead atoms. The molecule has 150 valence electrons. The van der Waals surface area contributed by atoms with Crippen molar-refractivity contribution in [2.75, 3.05) is 7.11 Å². The zero-order valence-corrected chi connectivity index (χ0v) is 15.9. The summed E-state index contributed by atoms with van der Waals surface area (Å²) in [5.74, 6) is -0.547. The number of aliphatic hydroxyl groups is 1. The number of benzene rings is 2. The zero-order valence-electron chi connectivity index (χ0n) is 15.9. The van der Waals surface area contributed by atoms with Gasteiger partial charge in [0.15, 0.2) is 11.5 Å². The Bertz CT molecular complexity index is 980. The monoisotopic (exact) mass is 396 g/mol. The lowest BCUT2D eigenvalue weighted by atomic mass is 10.1. The second-order valence-electron chi connectivity index (χ2n) is 6.19. The molecule has 3 rings (SSSR count). The molecular formula is C22H21FN2O4. The van der Waals surface area contributed by atoms with Crippen LogP contribution in [0.4, 0.5) is 4.39 Å². The molecule has 0 aliphatic heterocycles. The van der Waals surface area contributed by atoms with E-state index in [4.69, 9.17) is 9.47 Å². The molecule has 3 aromatic rings. The molecule has 7 heteroatoms. The van der Waals surface area contributed by atoms with Gasteiger partial charge in [-0.25, -0.2) is 4.39 Å². The van der Waals surface area contributed by atoms with Crippen molar-refractivity contribution < 1.29 is 23.8 Å². The van der Waals surface area contributed by atoms with Gasteiger partial charge in [-0.15, -0.1) is 0 Å². The van der Waals surface area contributed by atoms with Crippen molar-refractivity contribution in [2.45, 2.75) is 19.8 Å². The topological polar surface area (TPSA) is 80.7 Å². The fourth-order valence-electron chi connectivity index (χ4n) is 2.78. The predicted octanol–water partition coefficient (Wildman–Crippen LogP) is 3.23. The second kappa shape index (κ2) is 9.66. The molecule has 29 heavy (non-hydrogen) atoms. The number of rotatable bonds is 8. The van der Waals surface area contributed by atoms with Gasteiger partial charge in [-0.05, 0) is 11.6 Å². The van der Waals surface area contributed by atoms with Crippen LogP contribution in [0.15, 0.2) is 60.8 Å². The molecule has 1 heterocycles. The summed E-state index contributed by atoms with van der Waals surface area (Å²) in [6.45, 7) is -0.171. The zero-order chi connectivity index (χ0) is 20.6. The number of methoxy groups -OCH3 is 1. The number of pyridine rings is 1. The number of ether oxygens (including phenoxy) is 2. The lowest BCUT2D eigenvalue weighted by Gasteiger charge is -2.17. The van der Waals surface area contributed by atoms with Crippen LogP contribution >= 0.6 is 0 Å². The van der Waals surface area contributed by atoms with Crippen molar-refractivity contribution in [1.29, 1.82) is 0 Å². The van der Waals surface area contributed by atoms with Gasteiger partial charge in [0.1, 0.15) is 23.7 Å². The Kier molecular flexibility index (Phi) is 6.76. The molecule has 0 unspecified atom stereocenters. The predicted molar refractivity (Wildman–Crippen MR) is 105 cm³/mol. The summed E-state index contributed by atoms with van der Waals surface area (Å²) in [5, 5.41) is 12.2. The number of nitrogens with zero attached hydrogens (tertiary/aromatic N) is 1. The van der Waals surface area contributed by atoms with E-state index >= 15 is 0 Å². The first kappa shape index (κ1) is 20.3. The fourth-order valence-corrected chi connectivity index (χ4v) is 2.78. The number of aliphatic hydroxyl groups excluding tert-OH is 1. The van der Waals surface area contributed by atoms with E-state index in [9.17, 15) is 14.3 Å². The summed E-state index contributed by atoms with van der Waals surface area (Å²) in [5.41, 5.74) is 1.64. The van der Waals surface area contributed by atoms with E-state index in [-0.39, 0.29) is 42.5 Å². The molecule has 0 spiro atoms. The molecule has 1 amide bonds. The summed E-state index contributed by atoms with van der Waals surface area (Å²) < 4.78 is 25.0. The van der Waals surface area contributed by atoms with Gasteiger partial charge in [-0.1, -0.05) is 48.5 Å². The van der Waals surface area contributed by atoms with Crippen LogP contribution in [0.5, 0.6) is 11.5 Å². The number of carbonyl (C=O) groups excluding carboxylic acids is 1. The minimum Gasteiger partial charge on any atom is -0.491 e. The van der Waals surface area contributed by atoms with Crippen LogP contribution < -0.4 is 14.8 Å². The number of hydrogen-bond acceptors (Lipinski definition) is 5. The molecule has 0 radical (unpaired) electrons. The summed E-state index contributed by atoms with van der Waals surface area (Å²) in [6, 6.07) is 15.6. The van der Waals surface area contributed by atoms with Gasteiger partial charge in [0, 0.05) is 18.3 Å². The first-order valence-corrected chi connectivity index (χ1v) is 8.99.